The number of carbonyl (C=O) groups is 1. The second-order valence-corrected chi connectivity index (χ2v) is 6.04. The lowest BCUT2D eigenvalue weighted by Gasteiger charge is -2.13. The van der Waals surface area contributed by atoms with Gasteiger partial charge in [0.05, 0.1) is 5.75 Å². The summed E-state index contributed by atoms with van der Waals surface area (Å²) in [5, 5.41) is 2.63. The SMILES string of the molecule is CCS(=O)(=O)Nc1ccc(NC(=O)C(CN)OC)cc1. The Balaban J connectivity index is 2.70. The number of amides is 1. The molecule has 0 aliphatic heterocycles. The number of hydrogen-bond donors (Lipinski definition) is 3. The minimum absolute atomic E-state index is 0.00247. The normalized spacial score (nSPS) is 12.8. The molecule has 0 saturated carbocycles. The van der Waals surface area contributed by atoms with Crippen LogP contribution in [0.15, 0.2) is 24.3 Å². The predicted octanol–water partition coefficient (Wildman–Crippen LogP) is 0.360. The van der Waals surface area contributed by atoms with Crippen LogP contribution in [-0.4, -0.2) is 39.8 Å². The largest absolute Gasteiger partial charge is 0.370 e. The molecule has 0 aliphatic rings. The molecule has 0 aromatic heterocycles. The fourth-order valence-electron chi connectivity index (χ4n) is 1.41. The molecule has 0 aliphatic carbocycles. The van der Waals surface area contributed by atoms with E-state index in [2.05, 4.69) is 10.0 Å². The Labute approximate surface area is 118 Å². The van der Waals surface area contributed by atoms with Gasteiger partial charge in [0.15, 0.2) is 0 Å². The van der Waals surface area contributed by atoms with Crippen LogP contribution in [0.5, 0.6) is 0 Å². The maximum atomic E-state index is 11.7. The third-order valence-corrected chi connectivity index (χ3v) is 3.90. The van der Waals surface area contributed by atoms with Crippen molar-refractivity contribution in [2.45, 2.75) is 13.0 Å². The third kappa shape index (κ3) is 4.80. The Morgan fingerprint density at radius 2 is 1.85 bits per heavy atom. The molecule has 1 aromatic carbocycles. The van der Waals surface area contributed by atoms with Crippen LogP contribution in [0, 0.1) is 0 Å². The summed E-state index contributed by atoms with van der Waals surface area (Å²) in [5.74, 6) is -0.353. The van der Waals surface area contributed by atoms with Gasteiger partial charge in [-0.15, -0.1) is 0 Å². The Morgan fingerprint density at radius 1 is 1.30 bits per heavy atom. The lowest BCUT2D eigenvalue weighted by Crippen LogP contribution is -2.35. The van der Waals surface area contributed by atoms with Crippen molar-refractivity contribution < 1.29 is 17.9 Å². The van der Waals surface area contributed by atoms with E-state index in [0.29, 0.717) is 11.4 Å². The molecule has 0 heterocycles. The van der Waals surface area contributed by atoms with E-state index in [1.54, 1.807) is 31.2 Å². The van der Waals surface area contributed by atoms with Crippen molar-refractivity contribution in [3.05, 3.63) is 24.3 Å². The van der Waals surface area contributed by atoms with Crippen LogP contribution in [-0.2, 0) is 19.6 Å². The highest BCUT2D eigenvalue weighted by molar-refractivity contribution is 7.92. The van der Waals surface area contributed by atoms with Gasteiger partial charge in [0.25, 0.3) is 5.91 Å². The van der Waals surface area contributed by atoms with E-state index in [9.17, 15) is 13.2 Å². The van der Waals surface area contributed by atoms with Crippen LogP contribution in [0.2, 0.25) is 0 Å². The Bertz CT molecular complexity index is 538. The second kappa shape index (κ2) is 7.22. The molecule has 1 atom stereocenters. The number of ether oxygens (including phenoxy) is 1. The molecule has 0 spiro atoms. The maximum absolute atomic E-state index is 11.7. The summed E-state index contributed by atoms with van der Waals surface area (Å²) >= 11 is 0. The number of carbonyl (C=O) groups excluding carboxylic acids is 1. The molecular weight excluding hydrogens is 282 g/mol. The average Bonchev–Trinajstić information content (AvgIpc) is 2.42. The predicted molar refractivity (Wildman–Crippen MR) is 78.0 cm³/mol. The number of nitrogens with two attached hydrogens (primary N) is 1. The molecule has 8 heteroatoms. The number of benzene rings is 1. The minimum atomic E-state index is -3.30. The first kappa shape index (κ1) is 16.4. The van der Waals surface area contributed by atoms with Gasteiger partial charge in [-0.3, -0.25) is 9.52 Å². The Hall–Kier alpha value is -1.64. The van der Waals surface area contributed by atoms with Crippen LogP contribution >= 0.6 is 0 Å². The van der Waals surface area contributed by atoms with Crippen molar-refractivity contribution in [1.82, 2.24) is 0 Å². The molecule has 0 saturated heterocycles. The first-order valence-electron chi connectivity index (χ1n) is 6.06. The number of methoxy groups -OCH3 is 1. The molecule has 1 aromatic rings. The van der Waals surface area contributed by atoms with Gasteiger partial charge in [0, 0.05) is 25.0 Å². The standard InChI is InChI=1S/C12H19N3O4S/c1-3-20(17,18)15-10-6-4-9(5-7-10)14-12(16)11(8-13)19-2/h4-7,11,15H,3,8,13H2,1-2H3,(H,14,16). The van der Waals surface area contributed by atoms with Gasteiger partial charge in [-0.1, -0.05) is 0 Å². The van der Waals surface area contributed by atoms with Crippen molar-refractivity contribution in [2.75, 3.05) is 29.4 Å². The van der Waals surface area contributed by atoms with Gasteiger partial charge in [-0.05, 0) is 31.2 Å². The van der Waals surface area contributed by atoms with Crippen LogP contribution in [0.4, 0.5) is 11.4 Å². The third-order valence-electron chi connectivity index (χ3n) is 2.60. The summed E-state index contributed by atoms with van der Waals surface area (Å²) in [7, 11) is -1.90. The van der Waals surface area contributed by atoms with Crippen molar-refractivity contribution in [3.63, 3.8) is 0 Å². The number of hydrogen-bond acceptors (Lipinski definition) is 5. The molecule has 7 nitrogen and oxygen atoms in total. The summed E-state index contributed by atoms with van der Waals surface area (Å²) in [6.45, 7) is 1.63. The molecule has 1 unspecified atom stereocenters. The van der Waals surface area contributed by atoms with Gasteiger partial charge in [-0.25, -0.2) is 8.42 Å². The Kier molecular flexibility index (Phi) is 5.93. The summed E-state index contributed by atoms with van der Waals surface area (Å²) in [5.41, 5.74) is 6.35. The monoisotopic (exact) mass is 301 g/mol. The molecule has 0 bridgehead atoms. The fourth-order valence-corrected chi connectivity index (χ4v) is 2.05. The second-order valence-electron chi connectivity index (χ2n) is 4.03. The van der Waals surface area contributed by atoms with Crippen molar-refractivity contribution in [3.8, 4) is 0 Å². The van der Waals surface area contributed by atoms with E-state index >= 15 is 0 Å². The lowest BCUT2D eigenvalue weighted by molar-refractivity contribution is -0.125. The highest BCUT2D eigenvalue weighted by Crippen LogP contribution is 2.15. The quantitative estimate of drug-likeness (QED) is 0.673. The molecule has 20 heavy (non-hydrogen) atoms. The highest BCUT2D eigenvalue weighted by Gasteiger charge is 2.15. The molecule has 1 amide bonds. The lowest BCUT2D eigenvalue weighted by atomic mass is 10.2. The first-order valence-corrected chi connectivity index (χ1v) is 7.71. The van der Waals surface area contributed by atoms with E-state index in [1.165, 1.54) is 7.11 Å². The van der Waals surface area contributed by atoms with E-state index in [1.807, 2.05) is 0 Å². The molecular formula is C12H19N3O4S. The number of rotatable bonds is 7. The zero-order valence-corrected chi connectivity index (χ0v) is 12.2. The number of nitrogens with one attached hydrogen (secondary N) is 2. The summed E-state index contributed by atoms with van der Waals surface area (Å²) in [6.07, 6.45) is -0.715. The zero-order valence-electron chi connectivity index (χ0n) is 11.4. The number of sulfonamides is 1. The van der Waals surface area contributed by atoms with Crippen molar-refractivity contribution >= 4 is 27.3 Å². The molecule has 0 radical (unpaired) electrons. The van der Waals surface area contributed by atoms with Crippen LogP contribution in [0.3, 0.4) is 0 Å². The van der Waals surface area contributed by atoms with Gasteiger partial charge in [0.1, 0.15) is 6.10 Å². The van der Waals surface area contributed by atoms with Crippen molar-refractivity contribution in [1.29, 1.82) is 0 Å². The van der Waals surface area contributed by atoms with Gasteiger partial charge >= 0.3 is 0 Å². The van der Waals surface area contributed by atoms with E-state index in [4.69, 9.17) is 10.5 Å². The maximum Gasteiger partial charge on any atom is 0.254 e. The van der Waals surface area contributed by atoms with Gasteiger partial charge < -0.3 is 15.8 Å². The van der Waals surface area contributed by atoms with Crippen molar-refractivity contribution in [2.24, 2.45) is 5.73 Å². The average molecular weight is 301 g/mol. The Morgan fingerprint density at radius 3 is 2.30 bits per heavy atom. The summed E-state index contributed by atoms with van der Waals surface area (Å²) < 4.78 is 30.1. The van der Waals surface area contributed by atoms with E-state index in [0.717, 1.165) is 0 Å². The van der Waals surface area contributed by atoms with Crippen LogP contribution in [0.25, 0.3) is 0 Å². The molecule has 112 valence electrons. The van der Waals surface area contributed by atoms with Gasteiger partial charge in [-0.2, -0.15) is 0 Å². The van der Waals surface area contributed by atoms with Crippen LogP contribution < -0.4 is 15.8 Å². The zero-order chi connectivity index (χ0) is 15.2. The first-order chi connectivity index (χ1) is 9.41. The topological polar surface area (TPSA) is 111 Å². The number of anilines is 2. The minimum Gasteiger partial charge on any atom is -0.370 e. The smallest absolute Gasteiger partial charge is 0.254 e. The molecule has 0 fully saturated rings. The molecule has 4 N–H and O–H groups in total. The molecule has 1 rings (SSSR count). The van der Waals surface area contributed by atoms with Gasteiger partial charge in [0.2, 0.25) is 10.0 Å². The highest BCUT2D eigenvalue weighted by atomic mass is 32.2. The van der Waals surface area contributed by atoms with E-state index < -0.39 is 16.1 Å². The fraction of sp³-hybridized carbons (Fsp3) is 0.417. The van der Waals surface area contributed by atoms with Crippen LogP contribution in [0.1, 0.15) is 6.92 Å². The summed E-state index contributed by atoms with van der Waals surface area (Å²) in [6, 6.07) is 6.31. The van der Waals surface area contributed by atoms with E-state index in [-0.39, 0.29) is 18.2 Å². The summed E-state index contributed by atoms with van der Waals surface area (Å²) in [4.78, 5) is 11.7.